The normalized spacial score (nSPS) is 10.9. The lowest BCUT2D eigenvalue weighted by Gasteiger charge is -2.09. The molecule has 0 radical (unpaired) electrons. The van der Waals surface area contributed by atoms with Gasteiger partial charge in [-0.05, 0) is 6.07 Å². The minimum atomic E-state index is -1.14. The van der Waals surface area contributed by atoms with Crippen LogP contribution >= 0.6 is 0 Å². The molecule has 0 aliphatic carbocycles. The molecule has 19 nitrogen and oxygen atoms in total. The van der Waals surface area contributed by atoms with Gasteiger partial charge in [-0.25, -0.2) is 4.79 Å². The number of nitro benzene ring substituents is 2. The summed E-state index contributed by atoms with van der Waals surface area (Å²) in [5, 5.41) is 35.7. The third-order valence-electron chi connectivity index (χ3n) is 5.21. The van der Waals surface area contributed by atoms with Gasteiger partial charge < -0.3 is 53.6 Å². The Morgan fingerprint density at radius 3 is 1.49 bits per heavy atom. The SMILES string of the molecule is O=C(O)COCC(=O)NCCOCCOCCOCCOCCOCCOCCOCCNc1ccc([N+](=O)[O-])cc1[N+](=O)[O-]. The number of aliphatic carboxylic acids is 1. The van der Waals surface area contributed by atoms with Gasteiger partial charge in [0.05, 0.1) is 108 Å². The number of nitrogens with one attached hydrogen (secondary N) is 2. The number of amides is 1. The number of non-ortho nitro benzene ring substituents is 1. The van der Waals surface area contributed by atoms with E-state index in [0.29, 0.717) is 85.9 Å². The van der Waals surface area contributed by atoms with Gasteiger partial charge in [-0.15, -0.1) is 0 Å². The molecule has 0 fully saturated rings. The van der Waals surface area contributed by atoms with Crippen LogP contribution in [0.1, 0.15) is 0 Å². The summed E-state index contributed by atoms with van der Waals surface area (Å²) in [6.45, 7) is 4.91. The number of rotatable bonds is 31. The molecule has 45 heavy (non-hydrogen) atoms. The van der Waals surface area contributed by atoms with Crippen molar-refractivity contribution in [3.05, 3.63) is 38.4 Å². The highest BCUT2D eigenvalue weighted by Crippen LogP contribution is 2.28. The molecule has 0 atom stereocenters. The van der Waals surface area contributed by atoms with Crippen LogP contribution in [0.25, 0.3) is 0 Å². The van der Waals surface area contributed by atoms with Gasteiger partial charge in [-0.3, -0.25) is 25.0 Å². The van der Waals surface area contributed by atoms with E-state index in [-0.39, 0.29) is 43.4 Å². The maximum absolute atomic E-state index is 11.3. The average molecular weight is 651 g/mol. The van der Waals surface area contributed by atoms with Gasteiger partial charge >= 0.3 is 5.97 Å². The van der Waals surface area contributed by atoms with E-state index in [2.05, 4.69) is 15.4 Å². The van der Waals surface area contributed by atoms with E-state index in [1.165, 1.54) is 12.1 Å². The number of carbonyl (C=O) groups is 2. The lowest BCUT2D eigenvalue weighted by Crippen LogP contribution is -2.31. The lowest BCUT2D eigenvalue weighted by molar-refractivity contribution is -0.393. The van der Waals surface area contributed by atoms with Crippen LogP contribution in [0.3, 0.4) is 0 Å². The Bertz CT molecular complexity index is 986. The Labute approximate surface area is 259 Å². The second kappa shape index (κ2) is 26.8. The maximum Gasteiger partial charge on any atom is 0.329 e. The first-order valence-corrected chi connectivity index (χ1v) is 14.1. The number of carboxylic acid groups (broad SMARTS) is 1. The predicted molar refractivity (Wildman–Crippen MR) is 155 cm³/mol. The van der Waals surface area contributed by atoms with Crippen LogP contribution in [-0.2, 0) is 47.5 Å². The minimum absolute atomic E-state index is 0.174. The van der Waals surface area contributed by atoms with Crippen molar-refractivity contribution in [1.29, 1.82) is 0 Å². The molecule has 1 rings (SSSR count). The van der Waals surface area contributed by atoms with Gasteiger partial charge in [0.15, 0.2) is 0 Å². The fraction of sp³-hybridized carbons (Fsp3) is 0.692. The van der Waals surface area contributed by atoms with Crippen molar-refractivity contribution in [2.45, 2.75) is 0 Å². The van der Waals surface area contributed by atoms with Gasteiger partial charge in [-0.1, -0.05) is 0 Å². The Kier molecular flexibility index (Phi) is 23.5. The topological polar surface area (TPSA) is 239 Å². The van der Waals surface area contributed by atoms with E-state index in [1.807, 2.05) is 0 Å². The van der Waals surface area contributed by atoms with E-state index < -0.39 is 28.3 Å². The molecular formula is C26H42N4O15. The number of nitrogens with zero attached hydrogens (tertiary/aromatic N) is 2. The first-order valence-electron chi connectivity index (χ1n) is 14.1. The number of nitro groups is 2. The molecule has 1 aromatic carbocycles. The van der Waals surface area contributed by atoms with Gasteiger partial charge in [-0.2, -0.15) is 0 Å². The van der Waals surface area contributed by atoms with Crippen LogP contribution in [-0.4, -0.2) is 146 Å². The highest BCUT2D eigenvalue weighted by atomic mass is 16.6. The van der Waals surface area contributed by atoms with Crippen LogP contribution in [0.5, 0.6) is 0 Å². The van der Waals surface area contributed by atoms with Crippen molar-refractivity contribution in [3.63, 3.8) is 0 Å². The van der Waals surface area contributed by atoms with E-state index in [9.17, 15) is 29.8 Å². The zero-order chi connectivity index (χ0) is 33.0. The Hall–Kier alpha value is -3.56. The number of anilines is 1. The van der Waals surface area contributed by atoms with Gasteiger partial charge in [0.2, 0.25) is 5.91 Å². The number of carbonyl (C=O) groups excluding carboxylic acids is 1. The van der Waals surface area contributed by atoms with Gasteiger partial charge in [0.1, 0.15) is 18.9 Å². The molecule has 0 aliphatic heterocycles. The van der Waals surface area contributed by atoms with Crippen LogP contribution in [0, 0.1) is 20.2 Å². The Morgan fingerprint density at radius 1 is 0.622 bits per heavy atom. The smallest absolute Gasteiger partial charge is 0.329 e. The molecule has 0 heterocycles. The lowest BCUT2D eigenvalue weighted by atomic mass is 10.2. The van der Waals surface area contributed by atoms with Crippen molar-refractivity contribution in [2.75, 3.05) is 124 Å². The molecule has 0 saturated heterocycles. The van der Waals surface area contributed by atoms with Gasteiger partial charge in [0, 0.05) is 19.2 Å². The van der Waals surface area contributed by atoms with E-state index in [0.717, 1.165) is 6.07 Å². The summed E-state index contributed by atoms with van der Waals surface area (Å²) in [5.74, 6) is -1.55. The molecule has 1 aromatic rings. The molecule has 0 saturated carbocycles. The summed E-state index contributed by atoms with van der Waals surface area (Å²) in [6.07, 6.45) is 0. The van der Waals surface area contributed by atoms with E-state index >= 15 is 0 Å². The quantitative estimate of drug-likeness (QED) is 0.0554. The minimum Gasteiger partial charge on any atom is -0.480 e. The number of benzene rings is 1. The Morgan fingerprint density at radius 2 is 1.07 bits per heavy atom. The van der Waals surface area contributed by atoms with Crippen LogP contribution < -0.4 is 10.6 Å². The zero-order valence-corrected chi connectivity index (χ0v) is 25.0. The highest BCUT2D eigenvalue weighted by Gasteiger charge is 2.19. The van der Waals surface area contributed by atoms with E-state index in [4.69, 9.17) is 38.3 Å². The largest absolute Gasteiger partial charge is 0.480 e. The highest BCUT2D eigenvalue weighted by molar-refractivity contribution is 5.77. The Balaban J connectivity index is 1.78. The molecule has 0 spiro atoms. The predicted octanol–water partition coefficient (Wildman–Crippen LogP) is 0.249. The number of hydrogen-bond acceptors (Lipinski definition) is 15. The molecular weight excluding hydrogens is 608 g/mol. The number of carboxylic acids is 1. The molecule has 19 heteroatoms. The first kappa shape index (κ1) is 39.5. The summed E-state index contributed by atoms with van der Waals surface area (Å²) < 4.78 is 42.3. The maximum atomic E-state index is 11.3. The molecule has 0 bridgehead atoms. The van der Waals surface area contributed by atoms with Crippen molar-refractivity contribution in [2.24, 2.45) is 0 Å². The van der Waals surface area contributed by atoms with Crippen molar-refractivity contribution in [1.82, 2.24) is 5.32 Å². The summed E-state index contributed by atoms with van der Waals surface area (Å²) >= 11 is 0. The fourth-order valence-corrected chi connectivity index (χ4v) is 3.16. The van der Waals surface area contributed by atoms with E-state index in [1.54, 1.807) is 0 Å². The average Bonchev–Trinajstić information content (AvgIpc) is 3.00. The summed E-state index contributed by atoms with van der Waals surface area (Å²) in [5.41, 5.74) is -0.558. The number of ether oxygens (including phenoxy) is 8. The molecule has 0 aromatic heterocycles. The molecule has 0 unspecified atom stereocenters. The zero-order valence-electron chi connectivity index (χ0n) is 25.0. The van der Waals surface area contributed by atoms with Crippen molar-refractivity contribution in [3.8, 4) is 0 Å². The van der Waals surface area contributed by atoms with Crippen molar-refractivity contribution < 1.29 is 62.4 Å². The van der Waals surface area contributed by atoms with Gasteiger partial charge in [0.25, 0.3) is 11.4 Å². The summed E-state index contributed by atoms with van der Waals surface area (Å²) in [6, 6.07) is 3.39. The van der Waals surface area contributed by atoms with Crippen LogP contribution in [0.2, 0.25) is 0 Å². The summed E-state index contributed by atoms with van der Waals surface area (Å²) in [7, 11) is 0. The second-order valence-corrected chi connectivity index (χ2v) is 8.67. The molecule has 256 valence electrons. The first-order chi connectivity index (χ1) is 21.8. The molecule has 3 N–H and O–H groups in total. The van der Waals surface area contributed by atoms with Crippen LogP contribution in [0.4, 0.5) is 17.1 Å². The third kappa shape index (κ3) is 22.6. The van der Waals surface area contributed by atoms with Crippen LogP contribution in [0.15, 0.2) is 18.2 Å². The molecule has 1 amide bonds. The third-order valence-corrected chi connectivity index (χ3v) is 5.21. The van der Waals surface area contributed by atoms with Crippen molar-refractivity contribution >= 4 is 28.9 Å². The molecule has 0 aliphatic rings. The summed E-state index contributed by atoms with van der Waals surface area (Å²) in [4.78, 5) is 42.1. The standard InChI is InChI=1S/C26H42N4O15/c31-25(20-45-21-26(32)33)28-4-6-39-8-10-41-12-14-43-16-18-44-17-15-42-13-11-40-9-7-38-5-3-27-23-2-1-22(29(34)35)19-24(23)30(36)37/h1-2,19,27H,3-18,20-21H2,(H,28,31)(H,32,33). The fourth-order valence-electron chi connectivity index (χ4n) is 3.16. The number of hydrogen-bond donors (Lipinski definition) is 3. The second-order valence-electron chi connectivity index (χ2n) is 8.67. The monoisotopic (exact) mass is 650 g/mol.